The number of rotatable bonds is 6. The molecule has 1 aromatic carbocycles. The van der Waals surface area contributed by atoms with Crippen molar-refractivity contribution in [2.24, 2.45) is 11.8 Å². The number of anilines is 1. The number of aliphatic hydroxyl groups excluding tert-OH is 1. The quantitative estimate of drug-likeness (QED) is 0.573. The number of likely N-dealkylation sites (tertiary alicyclic amines) is 1. The van der Waals surface area contributed by atoms with E-state index in [1.54, 1.807) is 33.7 Å². The largest absolute Gasteiger partial charge is 0.394 e. The number of hydrogen-bond donors (Lipinski definition) is 1. The minimum atomic E-state index is -0.905. The second-order valence-electron chi connectivity index (χ2n) is 9.85. The highest BCUT2D eigenvalue weighted by atomic mass is 35.5. The Morgan fingerprint density at radius 2 is 1.89 bits per heavy atom. The van der Waals surface area contributed by atoms with E-state index in [-0.39, 0.29) is 29.6 Å². The van der Waals surface area contributed by atoms with E-state index in [0.29, 0.717) is 36.8 Å². The molecule has 6 atom stereocenters. The van der Waals surface area contributed by atoms with Crippen molar-refractivity contribution in [2.45, 2.75) is 48.8 Å². The second kappa shape index (κ2) is 9.88. The fourth-order valence-corrected chi connectivity index (χ4v) is 8.52. The van der Waals surface area contributed by atoms with Crippen LogP contribution in [0.2, 0.25) is 5.02 Å². The highest BCUT2D eigenvalue weighted by Crippen LogP contribution is 2.61. The smallest absolute Gasteiger partial charge is 0.251 e. The van der Waals surface area contributed by atoms with E-state index in [1.807, 2.05) is 55.2 Å². The Hall–Kier alpha value is -2.29. The lowest BCUT2D eigenvalue weighted by Gasteiger charge is -2.38. The second-order valence-corrected chi connectivity index (χ2v) is 11.7. The molecule has 0 saturated carbocycles. The Bertz CT molecular complexity index is 1120. The molecule has 0 aromatic heterocycles. The van der Waals surface area contributed by atoms with Gasteiger partial charge in [0.2, 0.25) is 11.8 Å². The first kappa shape index (κ1) is 25.4. The summed E-state index contributed by atoms with van der Waals surface area (Å²) >= 11 is 8.04. The van der Waals surface area contributed by atoms with E-state index < -0.39 is 28.7 Å². The summed E-state index contributed by atoms with van der Waals surface area (Å²) in [5, 5.41) is 10.5. The molecule has 1 unspecified atom stereocenters. The summed E-state index contributed by atoms with van der Waals surface area (Å²) in [5.41, 5.74) is 0.584. The third kappa shape index (κ3) is 3.72. The van der Waals surface area contributed by atoms with Crippen LogP contribution in [0, 0.1) is 11.8 Å². The van der Waals surface area contributed by atoms with Crippen LogP contribution in [0.4, 0.5) is 5.69 Å². The van der Waals surface area contributed by atoms with Crippen molar-refractivity contribution >= 4 is 46.8 Å². The number of halogens is 1. The number of benzene rings is 1. The van der Waals surface area contributed by atoms with Gasteiger partial charge >= 0.3 is 0 Å². The van der Waals surface area contributed by atoms with Gasteiger partial charge in [0.25, 0.3) is 5.91 Å². The van der Waals surface area contributed by atoms with Crippen molar-refractivity contribution in [1.29, 1.82) is 0 Å². The van der Waals surface area contributed by atoms with Gasteiger partial charge < -0.3 is 19.8 Å². The van der Waals surface area contributed by atoms with Gasteiger partial charge in [-0.05, 0) is 25.0 Å². The Morgan fingerprint density at radius 3 is 2.58 bits per heavy atom. The van der Waals surface area contributed by atoms with Crippen LogP contribution in [0.1, 0.15) is 26.7 Å². The van der Waals surface area contributed by atoms with Crippen LogP contribution in [0.3, 0.4) is 0 Å². The Balaban J connectivity index is 1.64. The maximum Gasteiger partial charge on any atom is 0.251 e. The highest BCUT2D eigenvalue weighted by molar-refractivity contribution is 8.02. The summed E-state index contributed by atoms with van der Waals surface area (Å²) in [6.45, 7) is 5.15. The first-order valence-corrected chi connectivity index (χ1v) is 13.9. The average molecular weight is 530 g/mol. The molecule has 4 aliphatic heterocycles. The fourth-order valence-electron chi connectivity index (χ4n) is 6.29. The van der Waals surface area contributed by atoms with Crippen LogP contribution in [0.5, 0.6) is 0 Å². The standard InChI is InChI=1S/C27H32ClN3O4S/c1-3-13-29-14-7-11-20-21(24(29)33)22-25(34)31(17(4-2)16-32)23-26(35)30(15-8-12-27(22,23)36-20)19-10-6-5-9-18(19)28/h5-12,17,20-23,32H,3-4,13-16H2,1-2H3/t17-,20+,21-,22-,23?,27-/m0/s1. The summed E-state index contributed by atoms with van der Waals surface area (Å²) < 4.78 is -0.905. The molecule has 2 saturated heterocycles. The number of thioether (sulfide) groups is 1. The zero-order valence-electron chi connectivity index (χ0n) is 20.5. The first-order chi connectivity index (χ1) is 17.4. The van der Waals surface area contributed by atoms with Gasteiger partial charge in [0.05, 0.1) is 39.9 Å². The predicted octanol–water partition coefficient (Wildman–Crippen LogP) is 3.12. The molecule has 1 aromatic rings. The molecule has 4 heterocycles. The third-order valence-corrected chi connectivity index (χ3v) is 9.96. The molecular weight excluding hydrogens is 498 g/mol. The highest BCUT2D eigenvalue weighted by Gasteiger charge is 2.71. The molecular formula is C27H32ClN3O4S. The lowest BCUT2D eigenvalue weighted by Crippen LogP contribution is -2.56. The lowest BCUT2D eigenvalue weighted by atomic mass is 9.78. The van der Waals surface area contributed by atoms with E-state index in [2.05, 4.69) is 0 Å². The number of hydrogen-bond acceptors (Lipinski definition) is 5. The molecule has 1 N–H and O–H groups in total. The maximum absolute atomic E-state index is 14.4. The predicted molar refractivity (Wildman–Crippen MR) is 142 cm³/mol. The van der Waals surface area contributed by atoms with Gasteiger partial charge in [-0.25, -0.2) is 0 Å². The SMILES string of the molecule is CCCN1CC=C[C@H]2S[C@]34C=CCN(c5ccccc5Cl)C(=O)C3N([C@@H](CC)CO)C(=O)[C@@H]4[C@H]2C1=O. The van der Waals surface area contributed by atoms with Crippen molar-refractivity contribution in [3.05, 3.63) is 53.6 Å². The minimum Gasteiger partial charge on any atom is -0.394 e. The van der Waals surface area contributed by atoms with E-state index in [1.165, 1.54) is 0 Å². The number of nitrogens with zero attached hydrogens (tertiary/aromatic N) is 3. The van der Waals surface area contributed by atoms with E-state index in [4.69, 9.17) is 11.6 Å². The number of fused-ring (bicyclic) bond motifs is 2. The molecule has 4 aliphatic rings. The molecule has 36 heavy (non-hydrogen) atoms. The number of para-hydroxylation sites is 1. The normalized spacial score (nSPS) is 32.3. The molecule has 2 fully saturated rings. The van der Waals surface area contributed by atoms with Crippen molar-refractivity contribution in [2.75, 3.05) is 31.1 Å². The zero-order chi connectivity index (χ0) is 25.6. The van der Waals surface area contributed by atoms with Crippen LogP contribution >= 0.6 is 23.4 Å². The van der Waals surface area contributed by atoms with Crippen molar-refractivity contribution in [1.82, 2.24) is 9.80 Å². The molecule has 7 nitrogen and oxygen atoms in total. The van der Waals surface area contributed by atoms with Gasteiger partial charge in [-0.15, -0.1) is 11.8 Å². The summed E-state index contributed by atoms with van der Waals surface area (Å²) in [5.74, 6) is -1.72. The maximum atomic E-state index is 14.4. The molecule has 5 rings (SSSR count). The summed E-state index contributed by atoms with van der Waals surface area (Å²) in [4.78, 5) is 47.4. The van der Waals surface area contributed by atoms with Crippen LogP contribution in [-0.4, -0.2) is 80.9 Å². The Morgan fingerprint density at radius 1 is 1.11 bits per heavy atom. The van der Waals surface area contributed by atoms with Crippen LogP contribution < -0.4 is 4.90 Å². The lowest BCUT2D eigenvalue weighted by molar-refractivity contribution is -0.144. The average Bonchev–Trinajstić information content (AvgIpc) is 3.19. The van der Waals surface area contributed by atoms with Gasteiger partial charge in [-0.1, -0.05) is 61.9 Å². The van der Waals surface area contributed by atoms with Crippen LogP contribution in [0.15, 0.2) is 48.6 Å². The molecule has 9 heteroatoms. The summed E-state index contributed by atoms with van der Waals surface area (Å²) in [7, 11) is 0. The van der Waals surface area contributed by atoms with Crippen molar-refractivity contribution in [3.63, 3.8) is 0 Å². The molecule has 0 radical (unpaired) electrons. The van der Waals surface area contributed by atoms with Crippen molar-refractivity contribution in [3.8, 4) is 0 Å². The van der Waals surface area contributed by atoms with Gasteiger partial charge in [0, 0.05) is 24.9 Å². The molecule has 1 spiro atoms. The number of amides is 3. The molecule has 192 valence electrons. The fraction of sp³-hybridized carbons (Fsp3) is 0.519. The minimum absolute atomic E-state index is 0.0275. The Labute approximate surface area is 221 Å². The summed E-state index contributed by atoms with van der Waals surface area (Å²) in [6, 6.07) is 5.82. The summed E-state index contributed by atoms with van der Waals surface area (Å²) in [6.07, 6.45) is 9.31. The van der Waals surface area contributed by atoms with Crippen molar-refractivity contribution < 1.29 is 19.5 Å². The zero-order valence-corrected chi connectivity index (χ0v) is 22.1. The number of carbonyl (C=O) groups excluding carboxylic acids is 3. The Kier molecular flexibility index (Phi) is 6.96. The van der Waals surface area contributed by atoms with Gasteiger partial charge in [0.1, 0.15) is 6.04 Å². The van der Waals surface area contributed by atoms with Gasteiger partial charge in [0.15, 0.2) is 0 Å². The van der Waals surface area contributed by atoms with Gasteiger partial charge in [-0.3, -0.25) is 14.4 Å². The van der Waals surface area contributed by atoms with Crippen LogP contribution in [0.25, 0.3) is 0 Å². The van der Waals surface area contributed by atoms with E-state index in [0.717, 1.165) is 6.42 Å². The number of carbonyl (C=O) groups is 3. The first-order valence-electron chi connectivity index (χ1n) is 12.7. The topological polar surface area (TPSA) is 81.2 Å². The third-order valence-electron chi connectivity index (χ3n) is 7.89. The molecule has 0 aliphatic carbocycles. The number of aliphatic hydroxyl groups is 1. The van der Waals surface area contributed by atoms with Gasteiger partial charge in [-0.2, -0.15) is 0 Å². The van der Waals surface area contributed by atoms with E-state index >= 15 is 0 Å². The molecule has 0 bridgehead atoms. The van der Waals surface area contributed by atoms with E-state index in [9.17, 15) is 19.5 Å². The monoisotopic (exact) mass is 529 g/mol. The molecule has 3 amide bonds. The van der Waals surface area contributed by atoms with Crippen LogP contribution in [-0.2, 0) is 14.4 Å².